The van der Waals surface area contributed by atoms with Gasteiger partial charge >= 0.3 is 12.1 Å². The fourth-order valence-corrected chi connectivity index (χ4v) is 1.49. The van der Waals surface area contributed by atoms with Gasteiger partial charge in [0.2, 0.25) is 0 Å². The van der Waals surface area contributed by atoms with Gasteiger partial charge in [0.1, 0.15) is 11.3 Å². The third kappa shape index (κ3) is 2.69. The molecule has 1 heterocycles. The Labute approximate surface area is 103 Å². The molecule has 0 radical (unpaired) electrons. The largest absolute Gasteiger partial charge is 0.465 e. The topological polar surface area (TPSA) is 39.2 Å². The number of hydrogen-bond donors (Lipinski definition) is 0. The first-order chi connectivity index (χ1) is 8.20. The van der Waals surface area contributed by atoms with Crippen LogP contribution in [-0.4, -0.2) is 18.1 Å². The van der Waals surface area contributed by atoms with Crippen molar-refractivity contribution in [3.05, 3.63) is 28.0 Å². The zero-order valence-corrected chi connectivity index (χ0v) is 9.44. The molecule has 1 aromatic heterocycles. The highest BCUT2D eigenvalue weighted by molar-refractivity contribution is 6.34. The van der Waals surface area contributed by atoms with Gasteiger partial charge in [0.25, 0.3) is 6.43 Å². The molecule has 0 aromatic carbocycles. The van der Waals surface area contributed by atoms with E-state index in [9.17, 15) is 26.7 Å². The molecule has 0 aliphatic carbocycles. The summed E-state index contributed by atoms with van der Waals surface area (Å²) in [7, 11) is 0.828. The molecule has 0 spiro atoms. The van der Waals surface area contributed by atoms with E-state index in [1.807, 2.05) is 0 Å². The number of methoxy groups -OCH3 is 1. The molecule has 0 bridgehead atoms. The van der Waals surface area contributed by atoms with E-state index >= 15 is 0 Å². The average Bonchev–Trinajstić information content (AvgIpc) is 2.25. The zero-order chi connectivity index (χ0) is 14.1. The van der Waals surface area contributed by atoms with Gasteiger partial charge in [-0.1, -0.05) is 11.6 Å². The van der Waals surface area contributed by atoms with Gasteiger partial charge in [0.15, 0.2) is 0 Å². The number of carbonyl (C=O) groups excluding carboxylic acids is 1. The van der Waals surface area contributed by atoms with Gasteiger partial charge in [-0.05, 0) is 0 Å². The van der Waals surface area contributed by atoms with Crippen LogP contribution >= 0.6 is 11.6 Å². The summed E-state index contributed by atoms with van der Waals surface area (Å²) < 4.78 is 66.6. The summed E-state index contributed by atoms with van der Waals surface area (Å²) in [4.78, 5) is 14.1. The molecule has 0 saturated heterocycles. The second-order valence-electron chi connectivity index (χ2n) is 3.04. The van der Waals surface area contributed by atoms with Crippen LogP contribution in [0.15, 0.2) is 6.20 Å². The SMILES string of the molecule is COC(=O)c1c(C(F)F)ncc(C(F)(F)F)c1Cl. The monoisotopic (exact) mass is 289 g/mol. The van der Waals surface area contributed by atoms with E-state index in [0.29, 0.717) is 0 Å². The summed E-state index contributed by atoms with van der Waals surface area (Å²) in [6.45, 7) is 0. The van der Waals surface area contributed by atoms with Gasteiger partial charge in [-0.25, -0.2) is 13.6 Å². The van der Waals surface area contributed by atoms with E-state index in [0.717, 1.165) is 7.11 Å². The molecular weight excluding hydrogens is 285 g/mol. The Morgan fingerprint density at radius 2 is 2.00 bits per heavy atom. The van der Waals surface area contributed by atoms with Crippen molar-refractivity contribution in [3.63, 3.8) is 0 Å². The third-order valence-corrected chi connectivity index (χ3v) is 2.34. The lowest BCUT2D eigenvalue weighted by Gasteiger charge is -2.13. The highest BCUT2D eigenvalue weighted by atomic mass is 35.5. The maximum Gasteiger partial charge on any atom is 0.419 e. The molecule has 0 atom stereocenters. The van der Waals surface area contributed by atoms with E-state index in [-0.39, 0.29) is 6.20 Å². The second kappa shape index (κ2) is 5.05. The predicted molar refractivity (Wildman–Crippen MR) is 50.5 cm³/mol. The number of halogens is 6. The van der Waals surface area contributed by atoms with Crippen molar-refractivity contribution in [1.82, 2.24) is 4.98 Å². The van der Waals surface area contributed by atoms with Crippen molar-refractivity contribution in [3.8, 4) is 0 Å². The highest BCUT2D eigenvalue weighted by Crippen LogP contribution is 2.38. The maximum atomic E-state index is 12.5. The van der Waals surface area contributed by atoms with Crippen LogP contribution in [0.1, 0.15) is 28.0 Å². The first-order valence-corrected chi connectivity index (χ1v) is 4.70. The maximum absolute atomic E-state index is 12.5. The van der Waals surface area contributed by atoms with Crippen molar-refractivity contribution < 1.29 is 31.5 Å². The highest BCUT2D eigenvalue weighted by Gasteiger charge is 2.38. The molecular formula is C9H5ClF5NO2. The Morgan fingerprint density at radius 1 is 1.44 bits per heavy atom. The lowest BCUT2D eigenvalue weighted by Crippen LogP contribution is -2.15. The quantitative estimate of drug-likeness (QED) is 0.618. The number of nitrogens with zero attached hydrogens (tertiary/aromatic N) is 1. The minimum atomic E-state index is -4.91. The van der Waals surface area contributed by atoms with E-state index in [2.05, 4.69) is 9.72 Å². The molecule has 0 amide bonds. The molecule has 9 heteroatoms. The molecule has 0 N–H and O–H groups in total. The molecule has 3 nitrogen and oxygen atoms in total. The molecule has 0 fully saturated rings. The number of hydrogen-bond acceptors (Lipinski definition) is 3. The minimum Gasteiger partial charge on any atom is -0.465 e. The Hall–Kier alpha value is -1.44. The molecule has 1 aromatic rings. The van der Waals surface area contributed by atoms with Crippen molar-refractivity contribution in [2.75, 3.05) is 7.11 Å². The Kier molecular flexibility index (Phi) is 4.10. The number of pyridine rings is 1. The summed E-state index contributed by atoms with van der Waals surface area (Å²) >= 11 is 5.32. The Balaban J connectivity index is 3.55. The zero-order valence-electron chi connectivity index (χ0n) is 8.69. The smallest absolute Gasteiger partial charge is 0.419 e. The van der Waals surface area contributed by atoms with Gasteiger partial charge in [0, 0.05) is 6.20 Å². The first-order valence-electron chi connectivity index (χ1n) is 4.32. The number of rotatable bonds is 2. The number of aromatic nitrogens is 1. The second-order valence-corrected chi connectivity index (χ2v) is 3.41. The minimum absolute atomic E-state index is 0.149. The number of ether oxygens (including phenoxy) is 1. The van der Waals surface area contributed by atoms with Gasteiger partial charge in [0.05, 0.1) is 17.7 Å². The van der Waals surface area contributed by atoms with Crippen molar-refractivity contribution in [1.29, 1.82) is 0 Å². The van der Waals surface area contributed by atoms with Crippen LogP contribution in [0.5, 0.6) is 0 Å². The predicted octanol–water partition coefficient (Wildman–Crippen LogP) is 3.48. The summed E-state index contributed by atoms with van der Waals surface area (Å²) in [6, 6.07) is 0. The van der Waals surface area contributed by atoms with Gasteiger partial charge in [-0.2, -0.15) is 13.2 Å². The number of carbonyl (C=O) groups is 1. The average molecular weight is 290 g/mol. The van der Waals surface area contributed by atoms with Crippen LogP contribution < -0.4 is 0 Å². The molecule has 100 valence electrons. The standard InChI is InChI=1S/C9H5ClF5NO2/c1-18-8(17)4-5(10)3(9(13,14)15)2-16-6(4)7(11)12/h2,7H,1H3. The normalized spacial score (nSPS) is 11.8. The van der Waals surface area contributed by atoms with Crippen molar-refractivity contribution in [2.45, 2.75) is 12.6 Å². The summed E-state index contributed by atoms with van der Waals surface area (Å²) in [5.74, 6) is -1.41. The van der Waals surface area contributed by atoms with E-state index in [1.54, 1.807) is 0 Å². The first kappa shape index (κ1) is 14.6. The Morgan fingerprint density at radius 3 is 2.39 bits per heavy atom. The van der Waals surface area contributed by atoms with Crippen LogP contribution in [0, 0.1) is 0 Å². The molecule has 0 aliphatic rings. The number of alkyl halides is 5. The molecule has 0 saturated carbocycles. The van der Waals surface area contributed by atoms with E-state index in [1.165, 1.54) is 0 Å². The van der Waals surface area contributed by atoms with Crippen LogP contribution in [0.25, 0.3) is 0 Å². The summed E-state index contributed by atoms with van der Waals surface area (Å²) in [5, 5.41) is -1.15. The third-order valence-electron chi connectivity index (χ3n) is 1.95. The molecule has 0 aliphatic heterocycles. The van der Waals surface area contributed by atoms with Gasteiger partial charge < -0.3 is 4.74 Å². The number of esters is 1. The fourth-order valence-electron chi connectivity index (χ4n) is 1.16. The lowest BCUT2D eigenvalue weighted by molar-refractivity contribution is -0.137. The molecule has 0 unspecified atom stereocenters. The van der Waals surface area contributed by atoms with E-state index < -0.39 is 40.4 Å². The fraction of sp³-hybridized carbons (Fsp3) is 0.333. The van der Waals surface area contributed by atoms with Crippen molar-refractivity contribution in [2.24, 2.45) is 0 Å². The lowest BCUT2D eigenvalue weighted by atomic mass is 10.1. The van der Waals surface area contributed by atoms with Crippen LogP contribution in [-0.2, 0) is 10.9 Å². The van der Waals surface area contributed by atoms with Crippen LogP contribution in [0.3, 0.4) is 0 Å². The summed E-state index contributed by atoms with van der Waals surface area (Å²) in [6.07, 6.45) is -8.01. The Bertz CT molecular complexity index is 475. The van der Waals surface area contributed by atoms with Crippen molar-refractivity contribution >= 4 is 17.6 Å². The summed E-state index contributed by atoms with van der Waals surface area (Å²) in [5.41, 5.74) is -3.71. The van der Waals surface area contributed by atoms with Gasteiger partial charge in [-0.3, -0.25) is 4.98 Å². The van der Waals surface area contributed by atoms with Gasteiger partial charge in [-0.15, -0.1) is 0 Å². The van der Waals surface area contributed by atoms with Crippen LogP contribution in [0.4, 0.5) is 22.0 Å². The van der Waals surface area contributed by atoms with Crippen LogP contribution in [0.2, 0.25) is 5.02 Å². The molecule has 1 rings (SSSR count). The molecule has 18 heavy (non-hydrogen) atoms. The van der Waals surface area contributed by atoms with E-state index in [4.69, 9.17) is 11.6 Å².